The van der Waals surface area contributed by atoms with Gasteiger partial charge in [0.1, 0.15) is 0 Å². The smallest absolute Gasteiger partial charge is 0.313 e. The summed E-state index contributed by atoms with van der Waals surface area (Å²) in [4.78, 5) is 26.5. The molecule has 0 bridgehead atoms. The summed E-state index contributed by atoms with van der Waals surface area (Å²) in [6, 6.07) is 9.92. The Hall–Kier alpha value is -3.29. The van der Waals surface area contributed by atoms with Gasteiger partial charge in [0, 0.05) is 24.9 Å². The molecule has 3 rings (SSSR count). The molecule has 1 amide bonds. The minimum absolute atomic E-state index is 0.0668. The van der Waals surface area contributed by atoms with E-state index in [1.807, 2.05) is 0 Å². The number of benzene rings is 1. The number of nitrogens with zero attached hydrogens (tertiary/aromatic N) is 4. The van der Waals surface area contributed by atoms with Crippen LogP contribution in [0.3, 0.4) is 0 Å². The van der Waals surface area contributed by atoms with E-state index in [0.717, 1.165) is 0 Å². The molecule has 1 aromatic heterocycles. The number of amides is 1. The zero-order valence-electron chi connectivity index (χ0n) is 11.6. The van der Waals surface area contributed by atoms with Gasteiger partial charge in [0.2, 0.25) is 5.82 Å². The molecule has 1 aromatic carbocycles. The van der Waals surface area contributed by atoms with Crippen LogP contribution in [0.25, 0.3) is 0 Å². The van der Waals surface area contributed by atoms with Gasteiger partial charge in [-0.1, -0.05) is 18.2 Å². The molecule has 0 spiro atoms. The number of hydrazone groups is 1. The van der Waals surface area contributed by atoms with E-state index in [0.29, 0.717) is 11.3 Å². The summed E-state index contributed by atoms with van der Waals surface area (Å²) >= 11 is 0. The molecular formula is C14H11N5O3. The van der Waals surface area contributed by atoms with Gasteiger partial charge in [0.15, 0.2) is 5.71 Å². The third-order valence-electron chi connectivity index (χ3n) is 3.16. The Balaban J connectivity index is 2.03. The largest absolute Gasteiger partial charge is 0.320 e. The zero-order chi connectivity index (χ0) is 15.7. The number of hydrogen-bond acceptors (Lipinski definition) is 6. The molecule has 1 aliphatic heterocycles. The summed E-state index contributed by atoms with van der Waals surface area (Å²) in [5, 5.41) is 19.1. The molecular weight excluding hydrogens is 286 g/mol. The summed E-state index contributed by atoms with van der Waals surface area (Å²) in [6.45, 7) is 0. The first-order valence-corrected chi connectivity index (χ1v) is 6.40. The van der Waals surface area contributed by atoms with Gasteiger partial charge in [-0.25, -0.2) is 9.99 Å². The van der Waals surface area contributed by atoms with Crippen molar-refractivity contribution in [3.8, 4) is 0 Å². The Morgan fingerprint density at radius 1 is 1.27 bits per heavy atom. The molecule has 0 unspecified atom stereocenters. The van der Waals surface area contributed by atoms with Crippen LogP contribution >= 0.6 is 0 Å². The van der Waals surface area contributed by atoms with Gasteiger partial charge in [0.05, 0.1) is 10.6 Å². The van der Waals surface area contributed by atoms with Crippen molar-refractivity contribution < 1.29 is 9.72 Å². The van der Waals surface area contributed by atoms with Crippen molar-refractivity contribution in [2.45, 2.75) is 0 Å². The van der Waals surface area contributed by atoms with Crippen molar-refractivity contribution in [1.82, 2.24) is 4.98 Å². The molecule has 1 N–H and O–H groups in total. The number of pyridine rings is 1. The number of para-hydroxylation sites is 1. The monoisotopic (exact) mass is 297 g/mol. The predicted octanol–water partition coefficient (Wildman–Crippen LogP) is 1.78. The van der Waals surface area contributed by atoms with Crippen molar-refractivity contribution in [3.63, 3.8) is 0 Å². The highest BCUT2D eigenvalue weighted by molar-refractivity contribution is 6.53. The maximum atomic E-state index is 12.0. The topological polar surface area (TPSA) is 101 Å². The third kappa shape index (κ3) is 2.26. The van der Waals surface area contributed by atoms with Crippen LogP contribution in [0.4, 0.5) is 17.2 Å². The van der Waals surface area contributed by atoms with Crippen molar-refractivity contribution in [1.29, 1.82) is 0 Å². The first-order valence-electron chi connectivity index (χ1n) is 6.40. The van der Waals surface area contributed by atoms with Crippen LogP contribution < -0.4 is 10.3 Å². The highest BCUT2D eigenvalue weighted by atomic mass is 16.6. The van der Waals surface area contributed by atoms with Crippen molar-refractivity contribution in [2.24, 2.45) is 5.10 Å². The SMILES string of the molecule is CN(/N=C1/C(=O)Nc2ccccc21)c1ncccc1[N+](=O)[O-]. The van der Waals surface area contributed by atoms with Crippen LogP contribution in [-0.4, -0.2) is 28.6 Å². The Kier molecular flexibility index (Phi) is 3.26. The molecule has 0 saturated heterocycles. The lowest BCUT2D eigenvalue weighted by molar-refractivity contribution is -0.384. The van der Waals surface area contributed by atoms with Gasteiger partial charge < -0.3 is 5.32 Å². The minimum Gasteiger partial charge on any atom is -0.320 e. The van der Waals surface area contributed by atoms with Crippen LogP contribution in [0.15, 0.2) is 47.7 Å². The fourth-order valence-corrected chi connectivity index (χ4v) is 2.18. The Morgan fingerprint density at radius 3 is 2.82 bits per heavy atom. The zero-order valence-corrected chi connectivity index (χ0v) is 11.6. The van der Waals surface area contributed by atoms with Crippen molar-refractivity contribution >= 4 is 28.8 Å². The molecule has 110 valence electrons. The molecule has 1 aliphatic rings. The van der Waals surface area contributed by atoms with E-state index < -0.39 is 4.92 Å². The fourth-order valence-electron chi connectivity index (χ4n) is 2.18. The van der Waals surface area contributed by atoms with E-state index in [2.05, 4.69) is 15.4 Å². The van der Waals surface area contributed by atoms with Gasteiger partial charge in [-0.3, -0.25) is 14.9 Å². The van der Waals surface area contributed by atoms with Crippen LogP contribution in [0.2, 0.25) is 0 Å². The number of hydrogen-bond donors (Lipinski definition) is 1. The maximum absolute atomic E-state index is 12.0. The molecule has 0 aliphatic carbocycles. The van der Waals surface area contributed by atoms with E-state index in [9.17, 15) is 14.9 Å². The first kappa shape index (κ1) is 13.7. The number of carbonyl (C=O) groups is 1. The maximum Gasteiger partial charge on any atom is 0.313 e. The average molecular weight is 297 g/mol. The number of nitro groups is 1. The van der Waals surface area contributed by atoms with Gasteiger partial charge >= 0.3 is 5.69 Å². The second-order valence-corrected chi connectivity index (χ2v) is 4.58. The second kappa shape index (κ2) is 5.24. The molecule has 2 heterocycles. The van der Waals surface area contributed by atoms with Gasteiger partial charge in [-0.2, -0.15) is 5.10 Å². The fraction of sp³-hybridized carbons (Fsp3) is 0.0714. The average Bonchev–Trinajstić information content (AvgIpc) is 2.83. The van der Waals surface area contributed by atoms with E-state index in [1.54, 1.807) is 24.3 Å². The minimum atomic E-state index is -0.540. The van der Waals surface area contributed by atoms with E-state index >= 15 is 0 Å². The van der Waals surface area contributed by atoms with Gasteiger partial charge in [0.25, 0.3) is 5.91 Å². The lowest BCUT2D eigenvalue weighted by Crippen LogP contribution is -2.21. The number of carbonyl (C=O) groups excluding carboxylic acids is 1. The highest BCUT2D eigenvalue weighted by Gasteiger charge is 2.27. The van der Waals surface area contributed by atoms with Crippen molar-refractivity contribution in [3.05, 3.63) is 58.3 Å². The van der Waals surface area contributed by atoms with Crippen LogP contribution in [-0.2, 0) is 4.79 Å². The summed E-state index contributed by atoms with van der Waals surface area (Å²) < 4.78 is 0. The summed E-state index contributed by atoms with van der Waals surface area (Å²) in [5.41, 5.74) is 1.33. The molecule has 0 saturated carbocycles. The normalized spacial score (nSPS) is 14.6. The van der Waals surface area contributed by atoms with Gasteiger partial charge in [-0.15, -0.1) is 0 Å². The molecule has 0 fully saturated rings. The number of rotatable bonds is 3. The molecule has 2 aromatic rings. The molecule has 8 heteroatoms. The highest BCUT2D eigenvalue weighted by Crippen LogP contribution is 2.26. The first-order chi connectivity index (χ1) is 10.6. The molecule has 0 radical (unpaired) electrons. The summed E-state index contributed by atoms with van der Waals surface area (Å²) in [7, 11) is 1.51. The Labute approximate surface area is 125 Å². The summed E-state index contributed by atoms with van der Waals surface area (Å²) in [6.07, 6.45) is 1.43. The number of aromatic nitrogens is 1. The quantitative estimate of drug-likeness (QED) is 0.687. The van der Waals surface area contributed by atoms with Crippen LogP contribution in [0, 0.1) is 10.1 Å². The van der Waals surface area contributed by atoms with Crippen LogP contribution in [0.5, 0.6) is 0 Å². The lowest BCUT2D eigenvalue weighted by atomic mass is 10.1. The number of nitrogens with one attached hydrogen (secondary N) is 1. The standard InChI is InChI=1S/C14H11N5O3/c1-18(13-11(19(21)22)7-4-8-15-13)17-12-9-5-2-3-6-10(9)16-14(12)20/h2-8H,1H3,(H,16,17,20). The number of anilines is 2. The predicted molar refractivity (Wildman–Crippen MR) is 80.9 cm³/mol. The summed E-state index contributed by atoms with van der Waals surface area (Å²) in [5.74, 6) is -0.288. The molecule has 0 atom stereocenters. The molecule has 22 heavy (non-hydrogen) atoms. The van der Waals surface area contributed by atoms with E-state index in [4.69, 9.17) is 0 Å². The Morgan fingerprint density at radius 2 is 2.05 bits per heavy atom. The Bertz CT molecular complexity index is 803. The third-order valence-corrected chi connectivity index (χ3v) is 3.16. The van der Waals surface area contributed by atoms with E-state index in [1.165, 1.54) is 30.4 Å². The van der Waals surface area contributed by atoms with E-state index in [-0.39, 0.29) is 23.1 Å². The van der Waals surface area contributed by atoms with Gasteiger partial charge in [-0.05, 0) is 12.1 Å². The van der Waals surface area contributed by atoms with Crippen LogP contribution in [0.1, 0.15) is 5.56 Å². The lowest BCUT2D eigenvalue weighted by Gasteiger charge is -2.12. The number of fused-ring (bicyclic) bond motifs is 1. The second-order valence-electron chi connectivity index (χ2n) is 4.58. The van der Waals surface area contributed by atoms with Crippen molar-refractivity contribution in [2.75, 3.05) is 17.4 Å². The molecule has 8 nitrogen and oxygen atoms in total.